The molecule has 2 aliphatic heterocycles. The van der Waals surface area contributed by atoms with Crippen LogP contribution in [0.5, 0.6) is 0 Å². The molecule has 1 aromatic carbocycles. The average Bonchev–Trinajstić information content (AvgIpc) is 3.65. The number of hydrogen-bond acceptors (Lipinski definition) is 5. The summed E-state index contributed by atoms with van der Waals surface area (Å²) in [6.45, 7) is 11.2. The van der Waals surface area contributed by atoms with Gasteiger partial charge in [0.15, 0.2) is 5.65 Å². The lowest BCUT2D eigenvalue weighted by atomic mass is 9.87. The summed E-state index contributed by atoms with van der Waals surface area (Å²) in [4.78, 5) is 21.4. The maximum absolute atomic E-state index is 13.1. The van der Waals surface area contributed by atoms with E-state index in [4.69, 9.17) is 0 Å². The molecule has 39 heavy (non-hydrogen) atoms. The van der Waals surface area contributed by atoms with Crippen molar-refractivity contribution in [2.75, 3.05) is 32.7 Å². The van der Waals surface area contributed by atoms with Crippen molar-refractivity contribution in [1.82, 2.24) is 34.8 Å². The summed E-state index contributed by atoms with van der Waals surface area (Å²) in [7, 11) is 0. The Morgan fingerprint density at radius 2 is 1.85 bits per heavy atom. The Bertz CT molecular complexity index is 1510. The summed E-state index contributed by atoms with van der Waals surface area (Å²) < 4.78 is 1.76. The number of aryl methyl sites for hydroxylation is 1. The first-order valence-electron chi connectivity index (χ1n) is 14.8. The molecule has 4 aromatic rings. The molecule has 0 spiro atoms. The van der Waals surface area contributed by atoms with Crippen molar-refractivity contribution in [2.45, 2.75) is 64.7 Å². The Morgan fingerprint density at radius 3 is 2.59 bits per heavy atom. The van der Waals surface area contributed by atoms with Crippen molar-refractivity contribution < 1.29 is 4.79 Å². The van der Waals surface area contributed by atoms with E-state index in [1.54, 1.807) is 4.52 Å². The number of H-pyrrole nitrogens is 1. The first-order chi connectivity index (χ1) is 18.9. The molecule has 8 heteroatoms. The van der Waals surface area contributed by atoms with Gasteiger partial charge in [-0.05, 0) is 108 Å². The van der Waals surface area contributed by atoms with Crippen molar-refractivity contribution in [3.63, 3.8) is 0 Å². The molecule has 3 aromatic heterocycles. The van der Waals surface area contributed by atoms with Gasteiger partial charge in [-0.2, -0.15) is 4.52 Å². The zero-order valence-corrected chi connectivity index (χ0v) is 23.4. The second kappa shape index (κ2) is 9.73. The van der Waals surface area contributed by atoms with Crippen LogP contribution in [0.3, 0.4) is 0 Å². The molecule has 1 N–H and O–H groups in total. The second-order valence-corrected chi connectivity index (χ2v) is 12.6. The van der Waals surface area contributed by atoms with E-state index >= 15 is 0 Å². The number of benzene rings is 1. The highest BCUT2D eigenvalue weighted by Gasteiger charge is 2.34. The Hall–Kier alpha value is -3.26. The van der Waals surface area contributed by atoms with E-state index in [1.165, 1.54) is 35.8 Å². The Morgan fingerprint density at radius 1 is 1.08 bits per heavy atom. The number of aromatic nitrogens is 5. The second-order valence-electron chi connectivity index (χ2n) is 12.6. The Kier molecular flexibility index (Phi) is 6.18. The molecule has 204 valence electrons. The summed E-state index contributed by atoms with van der Waals surface area (Å²) in [5.41, 5.74) is 7.97. The molecule has 8 nitrogen and oxygen atoms in total. The Balaban J connectivity index is 1.09. The van der Waals surface area contributed by atoms with Crippen LogP contribution in [0.1, 0.15) is 74.5 Å². The molecule has 3 fully saturated rings. The average molecular weight is 526 g/mol. The summed E-state index contributed by atoms with van der Waals surface area (Å²) in [6.07, 6.45) is 8.19. The van der Waals surface area contributed by atoms with Gasteiger partial charge in [0.1, 0.15) is 0 Å². The quantitative estimate of drug-likeness (QED) is 0.390. The first-order valence-corrected chi connectivity index (χ1v) is 14.8. The number of nitrogens with one attached hydrogen (secondary N) is 1. The number of hydrogen-bond donors (Lipinski definition) is 1. The highest BCUT2D eigenvalue weighted by molar-refractivity contribution is 5.92. The lowest BCUT2D eigenvalue weighted by molar-refractivity contribution is -0.134. The molecule has 0 radical (unpaired) electrons. The number of tetrazole rings is 1. The van der Waals surface area contributed by atoms with Gasteiger partial charge in [-0.15, -0.1) is 5.10 Å². The number of carbonyl (C=O) groups excluding carboxylic acids is 1. The summed E-state index contributed by atoms with van der Waals surface area (Å²) in [5, 5.41) is 13.4. The summed E-state index contributed by atoms with van der Waals surface area (Å²) >= 11 is 0. The zero-order chi connectivity index (χ0) is 26.7. The van der Waals surface area contributed by atoms with Gasteiger partial charge in [0.2, 0.25) is 5.91 Å². The minimum atomic E-state index is 0.331. The summed E-state index contributed by atoms with van der Waals surface area (Å²) in [5.74, 6) is 2.83. The van der Waals surface area contributed by atoms with E-state index in [9.17, 15) is 4.79 Å². The standard InChI is InChI=1S/C31H39N7O/c1-19(2)29-26-14-24(6-7-27(26)32-30(29)25-12-20(3)31-33-34-35-38(31)17-25)23-8-10-37(11-9-23)28(39)18-36-15-21-4-5-22(13-21)16-36/h6-7,12,14,17,19,21-23,32H,4-5,8-11,13,15-16,18H2,1-3H3/t21-,22+. The third-order valence-electron chi connectivity index (χ3n) is 9.57. The highest BCUT2D eigenvalue weighted by atomic mass is 16.2. The molecule has 3 aliphatic rings. The number of aromatic amines is 1. The maximum Gasteiger partial charge on any atom is 0.236 e. The van der Waals surface area contributed by atoms with E-state index in [0.29, 0.717) is 24.3 Å². The minimum absolute atomic E-state index is 0.331. The predicted octanol–water partition coefficient (Wildman–Crippen LogP) is 5.14. The van der Waals surface area contributed by atoms with E-state index < -0.39 is 0 Å². The van der Waals surface area contributed by atoms with E-state index in [-0.39, 0.29) is 0 Å². The first kappa shape index (κ1) is 24.8. The summed E-state index contributed by atoms with van der Waals surface area (Å²) in [6, 6.07) is 9.10. The largest absolute Gasteiger partial charge is 0.354 e. The van der Waals surface area contributed by atoms with Gasteiger partial charge in [0.05, 0.1) is 12.2 Å². The van der Waals surface area contributed by atoms with Crippen LogP contribution in [0.4, 0.5) is 0 Å². The third-order valence-corrected chi connectivity index (χ3v) is 9.57. The van der Waals surface area contributed by atoms with Crippen molar-refractivity contribution in [2.24, 2.45) is 11.8 Å². The normalized spacial score (nSPS) is 22.5. The molecule has 7 rings (SSSR count). The number of nitrogens with zero attached hydrogens (tertiary/aromatic N) is 6. The molecule has 1 saturated carbocycles. The molecule has 2 saturated heterocycles. The minimum Gasteiger partial charge on any atom is -0.354 e. The van der Waals surface area contributed by atoms with Gasteiger partial charge in [-0.3, -0.25) is 9.69 Å². The number of amides is 1. The third kappa shape index (κ3) is 4.52. The van der Waals surface area contributed by atoms with Gasteiger partial charge in [-0.1, -0.05) is 19.9 Å². The van der Waals surface area contributed by atoms with Gasteiger partial charge in [-0.25, -0.2) is 0 Å². The molecular formula is C31H39N7O. The number of likely N-dealkylation sites (tertiary alicyclic amines) is 2. The van der Waals surface area contributed by atoms with Crippen LogP contribution in [0, 0.1) is 18.8 Å². The molecule has 2 atom stereocenters. The fourth-order valence-corrected chi connectivity index (χ4v) is 7.65. The van der Waals surface area contributed by atoms with E-state index in [2.05, 4.69) is 75.3 Å². The van der Waals surface area contributed by atoms with Crippen LogP contribution >= 0.6 is 0 Å². The number of rotatable bonds is 5. The lowest BCUT2D eigenvalue weighted by Gasteiger charge is -2.36. The van der Waals surface area contributed by atoms with Crippen LogP contribution < -0.4 is 0 Å². The van der Waals surface area contributed by atoms with Crippen LogP contribution in [-0.4, -0.2) is 73.5 Å². The lowest BCUT2D eigenvalue weighted by Crippen LogP contribution is -2.46. The van der Waals surface area contributed by atoms with E-state index in [1.807, 2.05) is 6.20 Å². The van der Waals surface area contributed by atoms with E-state index in [0.717, 1.165) is 78.8 Å². The highest BCUT2D eigenvalue weighted by Crippen LogP contribution is 2.39. The molecule has 0 unspecified atom stereocenters. The van der Waals surface area contributed by atoms with Crippen molar-refractivity contribution >= 4 is 22.5 Å². The molecule has 2 bridgehead atoms. The van der Waals surface area contributed by atoms with Crippen LogP contribution in [-0.2, 0) is 4.79 Å². The fourth-order valence-electron chi connectivity index (χ4n) is 7.65. The van der Waals surface area contributed by atoms with Crippen molar-refractivity contribution in [1.29, 1.82) is 0 Å². The van der Waals surface area contributed by atoms with Gasteiger partial charge >= 0.3 is 0 Å². The van der Waals surface area contributed by atoms with Crippen LogP contribution in [0.2, 0.25) is 0 Å². The molecular weight excluding hydrogens is 486 g/mol. The predicted molar refractivity (Wildman–Crippen MR) is 153 cm³/mol. The van der Waals surface area contributed by atoms with Crippen LogP contribution in [0.15, 0.2) is 30.5 Å². The molecule has 1 aliphatic carbocycles. The Labute approximate surface area is 229 Å². The van der Waals surface area contributed by atoms with Crippen molar-refractivity contribution in [3.8, 4) is 11.3 Å². The smallest absolute Gasteiger partial charge is 0.236 e. The van der Waals surface area contributed by atoms with Gasteiger partial charge in [0.25, 0.3) is 0 Å². The monoisotopic (exact) mass is 525 g/mol. The molecule has 5 heterocycles. The van der Waals surface area contributed by atoms with Crippen molar-refractivity contribution in [3.05, 3.63) is 47.2 Å². The topological polar surface area (TPSA) is 82.4 Å². The number of pyridine rings is 1. The fraction of sp³-hybridized carbons (Fsp3) is 0.548. The van der Waals surface area contributed by atoms with Crippen LogP contribution in [0.25, 0.3) is 27.8 Å². The SMILES string of the molecule is Cc1cc(-c2[nH]c3ccc(C4CCN(C(=O)CN5C[C@@H]6CC[C@@H](C6)C5)CC4)cc3c2C(C)C)cn2nnnc12. The number of fused-ring (bicyclic) bond motifs is 4. The number of piperidine rings is 2. The zero-order valence-electron chi connectivity index (χ0n) is 23.4. The van der Waals surface area contributed by atoms with Gasteiger partial charge < -0.3 is 9.88 Å². The number of carbonyl (C=O) groups is 1. The maximum atomic E-state index is 13.1. The molecule has 1 amide bonds. The van der Waals surface area contributed by atoms with Gasteiger partial charge in [0, 0.05) is 48.8 Å².